The summed E-state index contributed by atoms with van der Waals surface area (Å²) in [5.41, 5.74) is 6.37. The van der Waals surface area contributed by atoms with E-state index in [0.717, 1.165) is 38.0 Å². The third kappa shape index (κ3) is 2.89. The Balaban J connectivity index is 1.87. The van der Waals surface area contributed by atoms with Crippen LogP contribution >= 0.6 is 0 Å². The lowest BCUT2D eigenvalue weighted by molar-refractivity contribution is -0.106. The maximum absolute atomic E-state index is 10.9. The van der Waals surface area contributed by atoms with E-state index in [1.54, 1.807) is 12.1 Å². The molecule has 0 radical (unpaired) electrons. The molecule has 3 N–H and O–H groups in total. The Morgan fingerprint density at radius 2 is 2.00 bits per heavy atom. The van der Waals surface area contributed by atoms with E-state index < -0.39 is 11.5 Å². The summed E-state index contributed by atoms with van der Waals surface area (Å²) in [7, 11) is 0. The van der Waals surface area contributed by atoms with E-state index in [1.165, 1.54) is 0 Å². The van der Waals surface area contributed by atoms with Crippen LogP contribution in [0.2, 0.25) is 0 Å². The van der Waals surface area contributed by atoms with Crippen LogP contribution in [0.1, 0.15) is 35.7 Å². The zero-order valence-electron chi connectivity index (χ0n) is 10.7. The molecule has 1 aromatic carbocycles. The van der Waals surface area contributed by atoms with E-state index in [9.17, 15) is 9.90 Å². The van der Waals surface area contributed by atoms with Gasteiger partial charge in [-0.05, 0) is 24.1 Å². The van der Waals surface area contributed by atoms with Crippen LogP contribution in [0.5, 0.6) is 0 Å². The first-order chi connectivity index (χ1) is 8.52. The van der Waals surface area contributed by atoms with Crippen LogP contribution in [0.3, 0.4) is 0 Å². The molecule has 0 atom stereocenters. The van der Waals surface area contributed by atoms with Crippen molar-refractivity contribution < 1.29 is 9.90 Å². The van der Waals surface area contributed by atoms with Crippen molar-refractivity contribution in [2.24, 2.45) is 5.73 Å². The topological polar surface area (TPSA) is 66.6 Å². The van der Waals surface area contributed by atoms with E-state index in [0.29, 0.717) is 5.56 Å². The van der Waals surface area contributed by atoms with Crippen molar-refractivity contribution in [3.63, 3.8) is 0 Å². The number of benzene rings is 1. The molecule has 1 amide bonds. The molecular weight excluding hydrogens is 228 g/mol. The lowest BCUT2D eigenvalue weighted by Crippen LogP contribution is -2.60. The van der Waals surface area contributed by atoms with E-state index >= 15 is 0 Å². The molecule has 4 heteroatoms. The molecule has 1 heterocycles. The van der Waals surface area contributed by atoms with Gasteiger partial charge in [0.1, 0.15) is 0 Å². The smallest absolute Gasteiger partial charge is 0.248 e. The molecule has 1 fully saturated rings. The Labute approximate surface area is 107 Å². The SMILES string of the molecule is CCCC1(O)CN(Cc2ccc(C(N)=O)cc2)C1. The van der Waals surface area contributed by atoms with Crippen LogP contribution in [0.25, 0.3) is 0 Å². The molecular formula is C14H20N2O2. The summed E-state index contributed by atoms with van der Waals surface area (Å²) in [4.78, 5) is 13.1. The Hall–Kier alpha value is -1.39. The molecule has 0 unspecified atom stereocenters. The summed E-state index contributed by atoms with van der Waals surface area (Å²) >= 11 is 0. The molecule has 0 bridgehead atoms. The van der Waals surface area contributed by atoms with Gasteiger partial charge in [-0.3, -0.25) is 9.69 Å². The molecule has 0 aromatic heterocycles. The minimum Gasteiger partial charge on any atom is -0.387 e. The predicted molar refractivity (Wildman–Crippen MR) is 70.1 cm³/mol. The highest BCUT2D eigenvalue weighted by molar-refractivity contribution is 5.92. The van der Waals surface area contributed by atoms with E-state index in [2.05, 4.69) is 11.8 Å². The Bertz CT molecular complexity index is 422. The van der Waals surface area contributed by atoms with Crippen molar-refractivity contribution in [3.8, 4) is 0 Å². The Morgan fingerprint density at radius 3 is 2.50 bits per heavy atom. The highest BCUT2D eigenvalue weighted by atomic mass is 16.3. The third-order valence-corrected chi connectivity index (χ3v) is 3.40. The van der Waals surface area contributed by atoms with E-state index in [4.69, 9.17) is 5.73 Å². The van der Waals surface area contributed by atoms with Gasteiger partial charge >= 0.3 is 0 Å². The van der Waals surface area contributed by atoms with Crippen molar-refractivity contribution in [2.75, 3.05) is 13.1 Å². The van der Waals surface area contributed by atoms with Crippen molar-refractivity contribution in [1.29, 1.82) is 0 Å². The number of likely N-dealkylation sites (tertiary alicyclic amines) is 1. The fourth-order valence-electron chi connectivity index (χ4n) is 2.55. The summed E-state index contributed by atoms with van der Waals surface area (Å²) in [6, 6.07) is 7.32. The van der Waals surface area contributed by atoms with E-state index in [-0.39, 0.29) is 0 Å². The highest BCUT2D eigenvalue weighted by Gasteiger charge is 2.39. The fraction of sp³-hybridized carbons (Fsp3) is 0.500. The largest absolute Gasteiger partial charge is 0.387 e. The van der Waals surface area contributed by atoms with Crippen LogP contribution in [0.4, 0.5) is 0 Å². The zero-order chi connectivity index (χ0) is 13.2. The summed E-state index contributed by atoms with van der Waals surface area (Å²) in [6.07, 6.45) is 1.88. The molecule has 1 saturated heterocycles. The molecule has 98 valence electrons. The first kappa shape index (κ1) is 13.1. The standard InChI is InChI=1S/C14H20N2O2/c1-2-7-14(18)9-16(10-14)8-11-3-5-12(6-4-11)13(15)17/h3-6,18H,2,7-10H2,1H3,(H2,15,17). The number of β-amino-alcohol motifs (C(OH)–C–C–N with tert-alkyl or cyclic N) is 1. The molecule has 1 aliphatic rings. The van der Waals surface area contributed by atoms with E-state index in [1.807, 2.05) is 12.1 Å². The molecule has 0 saturated carbocycles. The quantitative estimate of drug-likeness (QED) is 0.821. The lowest BCUT2D eigenvalue weighted by atomic mass is 9.89. The normalized spacial score (nSPS) is 18.3. The first-order valence-electron chi connectivity index (χ1n) is 6.36. The number of aliphatic hydroxyl groups is 1. The number of carbonyl (C=O) groups is 1. The minimum atomic E-state index is -0.484. The second-order valence-corrected chi connectivity index (χ2v) is 5.18. The number of nitrogens with two attached hydrogens (primary N) is 1. The molecule has 1 aliphatic heterocycles. The Kier molecular flexibility index (Phi) is 3.68. The van der Waals surface area contributed by atoms with Crippen molar-refractivity contribution in [1.82, 2.24) is 4.90 Å². The Morgan fingerprint density at radius 1 is 1.39 bits per heavy atom. The van der Waals surface area contributed by atoms with Gasteiger partial charge in [0, 0.05) is 25.2 Å². The summed E-state index contributed by atoms with van der Waals surface area (Å²) < 4.78 is 0. The predicted octanol–water partition coefficient (Wildman–Crippen LogP) is 1.13. The molecule has 0 aliphatic carbocycles. The second-order valence-electron chi connectivity index (χ2n) is 5.18. The second kappa shape index (κ2) is 5.08. The van der Waals surface area contributed by atoms with Crippen LogP contribution in [-0.2, 0) is 6.54 Å². The van der Waals surface area contributed by atoms with Gasteiger partial charge in [0.05, 0.1) is 5.60 Å². The molecule has 2 rings (SSSR count). The highest BCUT2D eigenvalue weighted by Crippen LogP contribution is 2.27. The fourth-order valence-corrected chi connectivity index (χ4v) is 2.55. The number of rotatable bonds is 5. The third-order valence-electron chi connectivity index (χ3n) is 3.40. The number of hydrogen-bond acceptors (Lipinski definition) is 3. The number of carbonyl (C=O) groups excluding carboxylic acids is 1. The summed E-state index contributed by atoms with van der Waals surface area (Å²) in [5.74, 6) is -0.400. The molecule has 0 spiro atoms. The number of primary amides is 1. The van der Waals surface area contributed by atoms with Crippen LogP contribution in [0.15, 0.2) is 24.3 Å². The van der Waals surface area contributed by atoms with Crippen molar-refractivity contribution >= 4 is 5.91 Å². The first-order valence-corrected chi connectivity index (χ1v) is 6.36. The van der Waals surface area contributed by atoms with Gasteiger partial charge in [-0.25, -0.2) is 0 Å². The van der Waals surface area contributed by atoms with Gasteiger partial charge in [-0.1, -0.05) is 25.5 Å². The molecule has 18 heavy (non-hydrogen) atoms. The molecule has 1 aromatic rings. The zero-order valence-corrected chi connectivity index (χ0v) is 10.7. The van der Waals surface area contributed by atoms with Gasteiger partial charge in [0.2, 0.25) is 5.91 Å². The van der Waals surface area contributed by atoms with Gasteiger partial charge in [-0.2, -0.15) is 0 Å². The molecule has 4 nitrogen and oxygen atoms in total. The van der Waals surface area contributed by atoms with Gasteiger partial charge in [0.25, 0.3) is 0 Å². The van der Waals surface area contributed by atoms with Crippen molar-refractivity contribution in [3.05, 3.63) is 35.4 Å². The van der Waals surface area contributed by atoms with Gasteiger partial charge < -0.3 is 10.8 Å². The minimum absolute atomic E-state index is 0.400. The van der Waals surface area contributed by atoms with Crippen LogP contribution in [0, 0.1) is 0 Å². The van der Waals surface area contributed by atoms with Crippen molar-refractivity contribution in [2.45, 2.75) is 31.9 Å². The maximum Gasteiger partial charge on any atom is 0.248 e. The number of amides is 1. The van der Waals surface area contributed by atoms with Crippen LogP contribution in [-0.4, -0.2) is 34.6 Å². The summed E-state index contributed by atoms with van der Waals surface area (Å²) in [6.45, 7) is 4.37. The summed E-state index contributed by atoms with van der Waals surface area (Å²) in [5, 5.41) is 10.1. The average molecular weight is 248 g/mol. The van der Waals surface area contributed by atoms with Crippen LogP contribution < -0.4 is 5.73 Å². The number of hydrogen-bond donors (Lipinski definition) is 2. The lowest BCUT2D eigenvalue weighted by Gasteiger charge is -2.46. The average Bonchev–Trinajstić information content (AvgIpc) is 2.28. The van der Waals surface area contributed by atoms with Gasteiger partial charge in [0.15, 0.2) is 0 Å². The maximum atomic E-state index is 10.9. The number of nitrogens with zero attached hydrogens (tertiary/aromatic N) is 1. The van der Waals surface area contributed by atoms with Gasteiger partial charge in [-0.15, -0.1) is 0 Å². The monoisotopic (exact) mass is 248 g/mol.